The lowest BCUT2D eigenvalue weighted by atomic mass is 9.86. The summed E-state index contributed by atoms with van der Waals surface area (Å²) in [6.45, 7) is 7.09. The molecule has 0 aromatic carbocycles. The van der Waals surface area contributed by atoms with Crippen LogP contribution < -0.4 is 0 Å². The highest BCUT2D eigenvalue weighted by Crippen LogP contribution is 2.29. The molecule has 0 atom stereocenters. The zero-order valence-corrected chi connectivity index (χ0v) is 13.1. The van der Waals surface area contributed by atoms with Crippen molar-refractivity contribution in [1.82, 2.24) is 4.90 Å². The predicted molar refractivity (Wildman–Crippen MR) is 76.5 cm³/mol. The zero-order valence-electron chi connectivity index (χ0n) is 11.5. The molecule has 0 heterocycles. The SMILES string of the molecule is CCC(C)(C)C(=O)N(CCBr)C1CCCCC1. The molecule has 0 aliphatic heterocycles. The van der Waals surface area contributed by atoms with Crippen molar-refractivity contribution in [2.75, 3.05) is 11.9 Å². The van der Waals surface area contributed by atoms with Crippen LogP contribution in [-0.2, 0) is 4.79 Å². The van der Waals surface area contributed by atoms with E-state index in [9.17, 15) is 4.79 Å². The summed E-state index contributed by atoms with van der Waals surface area (Å²) >= 11 is 3.48. The Morgan fingerprint density at radius 3 is 2.35 bits per heavy atom. The fraction of sp³-hybridized carbons (Fsp3) is 0.929. The fourth-order valence-corrected chi connectivity index (χ4v) is 2.86. The number of carbonyl (C=O) groups excluding carboxylic acids is 1. The van der Waals surface area contributed by atoms with Gasteiger partial charge in [0.15, 0.2) is 0 Å². The summed E-state index contributed by atoms with van der Waals surface area (Å²) in [5, 5.41) is 0.884. The molecular weight excluding hydrogens is 278 g/mol. The highest BCUT2D eigenvalue weighted by atomic mass is 79.9. The van der Waals surface area contributed by atoms with Crippen LogP contribution in [0.2, 0.25) is 0 Å². The Balaban J connectivity index is 2.73. The molecule has 0 unspecified atom stereocenters. The number of halogens is 1. The summed E-state index contributed by atoms with van der Waals surface area (Å²) in [5.74, 6) is 0.339. The lowest BCUT2D eigenvalue weighted by molar-refractivity contribution is -0.143. The van der Waals surface area contributed by atoms with E-state index in [1.54, 1.807) is 0 Å². The Bertz CT molecular complexity index is 247. The van der Waals surface area contributed by atoms with Crippen molar-refractivity contribution >= 4 is 21.8 Å². The Labute approximate surface area is 114 Å². The Morgan fingerprint density at radius 1 is 1.29 bits per heavy atom. The van der Waals surface area contributed by atoms with Crippen LogP contribution in [0.5, 0.6) is 0 Å². The van der Waals surface area contributed by atoms with Crippen LogP contribution in [0.4, 0.5) is 0 Å². The summed E-state index contributed by atoms with van der Waals surface area (Å²) in [6.07, 6.45) is 7.20. The summed E-state index contributed by atoms with van der Waals surface area (Å²) in [4.78, 5) is 14.7. The molecule has 1 rings (SSSR count). The van der Waals surface area contributed by atoms with E-state index in [0.29, 0.717) is 11.9 Å². The topological polar surface area (TPSA) is 20.3 Å². The summed E-state index contributed by atoms with van der Waals surface area (Å²) in [5.41, 5.74) is -0.209. The molecule has 3 heteroatoms. The number of amides is 1. The summed E-state index contributed by atoms with van der Waals surface area (Å²) < 4.78 is 0. The molecule has 0 aromatic heterocycles. The van der Waals surface area contributed by atoms with Gasteiger partial charge in [-0.05, 0) is 19.3 Å². The first-order valence-corrected chi connectivity index (χ1v) is 8.02. The van der Waals surface area contributed by atoms with Crippen molar-refractivity contribution in [2.24, 2.45) is 5.41 Å². The molecular formula is C14H26BrNO. The molecule has 0 spiro atoms. The average molecular weight is 304 g/mol. The van der Waals surface area contributed by atoms with E-state index in [1.165, 1.54) is 32.1 Å². The van der Waals surface area contributed by atoms with Gasteiger partial charge in [-0.2, -0.15) is 0 Å². The number of hydrogen-bond acceptors (Lipinski definition) is 1. The van der Waals surface area contributed by atoms with Gasteiger partial charge in [-0.15, -0.1) is 0 Å². The first kappa shape index (κ1) is 15.0. The van der Waals surface area contributed by atoms with Gasteiger partial charge in [-0.1, -0.05) is 56.0 Å². The second kappa shape index (κ2) is 6.77. The zero-order chi connectivity index (χ0) is 12.9. The summed E-state index contributed by atoms with van der Waals surface area (Å²) in [6, 6.07) is 0.486. The minimum absolute atomic E-state index is 0.209. The standard InChI is InChI=1S/C14H26BrNO/c1-4-14(2,3)13(17)16(11-10-15)12-8-6-5-7-9-12/h12H,4-11H2,1-3H3. The van der Waals surface area contributed by atoms with Crippen LogP contribution in [0.3, 0.4) is 0 Å². The van der Waals surface area contributed by atoms with Crippen LogP contribution in [0.1, 0.15) is 59.3 Å². The van der Waals surface area contributed by atoms with Gasteiger partial charge in [0.1, 0.15) is 0 Å². The van der Waals surface area contributed by atoms with Gasteiger partial charge in [-0.3, -0.25) is 4.79 Å². The maximum atomic E-state index is 12.6. The van der Waals surface area contributed by atoms with Crippen LogP contribution >= 0.6 is 15.9 Å². The molecule has 17 heavy (non-hydrogen) atoms. The van der Waals surface area contributed by atoms with E-state index in [4.69, 9.17) is 0 Å². The monoisotopic (exact) mass is 303 g/mol. The number of rotatable bonds is 5. The first-order valence-electron chi connectivity index (χ1n) is 6.90. The van der Waals surface area contributed by atoms with Crippen molar-refractivity contribution in [2.45, 2.75) is 65.3 Å². The molecule has 1 aliphatic carbocycles. The second-order valence-electron chi connectivity index (χ2n) is 5.72. The average Bonchev–Trinajstić information content (AvgIpc) is 2.36. The van der Waals surface area contributed by atoms with E-state index in [0.717, 1.165) is 18.3 Å². The number of carbonyl (C=O) groups is 1. The van der Waals surface area contributed by atoms with Gasteiger partial charge in [0.25, 0.3) is 0 Å². The van der Waals surface area contributed by atoms with E-state index < -0.39 is 0 Å². The quantitative estimate of drug-likeness (QED) is 0.704. The van der Waals surface area contributed by atoms with Gasteiger partial charge < -0.3 is 4.90 Å². The molecule has 0 radical (unpaired) electrons. The lowest BCUT2D eigenvalue weighted by Gasteiger charge is -2.38. The van der Waals surface area contributed by atoms with Gasteiger partial charge >= 0.3 is 0 Å². The highest BCUT2D eigenvalue weighted by Gasteiger charge is 2.34. The molecule has 0 saturated heterocycles. The number of alkyl halides is 1. The van der Waals surface area contributed by atoms with Gasteiger partial charge in [0.2, 0.25) is 5.91 Å². The maximum absolute atomic E-state index is 12.6. The number of nitrogens with zero attached hydrogens (tertiary/aromatic N) is 1. The highest BCUT2D eigenvalue weighted by molar-refractivity contribution is 9.09. The molecule has 2 nitrogen and oxygen atoms in total. The Morgan fingerprint density at radius 2 is 1.88 bits per heavy atom. The minimum Gasteiger partial charge on any atom is -0.338 e. The van der Waals surface area contributed by atoms with Gasteiger partial charge in [0.05, 0.1) is 0 Å². The van der Waals surface area contributed by atoms with Crippen LogP contribution in [0.15, 0.2) is 0 Å². The first-order chi connectivity index (χ1) is 8.03. The molecule has 0 aromatic rings. The molecule has 1 saturated carbocycles. The maximum Gasteiger partial charge on any atom is 0.228 e. The predicted octanol–water partition coefficient (Wildman–Crippen LogP) is 3.98. The van der Waals surface area contributed by atoms with Crippen molar-refractivity contribution in [1.29, 1.82) is 0 Å². The van der Waals surface area contributed by atoms with Gasteiger partial charge in [0, 0.05) is 23.3 Å². The minimum atomic E-state index is -0.209. The third kappa shape index (κ3) is 3.97. The van der Waals surface area contributed by atoms with E-state index >= 15 is 0 Å². The lowest BCUT2D eigenvalue weighted by Crippen LogP contribution is -2.48. The third-order valence-electron chi connectivity index (χ3n) is 4.06. The Kier molecular flexibility index (Phi) is 5.98. The molecule has 1 amide bonds. The Hall–Kier alpha value is -0.0500. The molecule has 0 bridgehead atoms. The third-order valence-corrected chi connectivity index (χ3v) is 4.42. The van der Waals surface area contributed by atoms with Gasteiger partial charge in [-0.25, -0.2) is 0 Å². The fourth-order valence-electron chi connectivity index (χ4n) is 2.47. The van der Waals surface area contributed by atoms with E-state index in [-0.39, 0.29) is 5.41 Å². The number of hydrogen-bond donors (Lipinski definition) is 0. The van der Waals surface area contributed by atoms with Crippen molar-refractivity contribution in [3.63, 3.8) is 0 Å². The van der Waals surface area contributed by atoms with Crippen molar-refractivity contribution < 1.29 is 4.79 Å². The van der Waals surface area contributed by atoms with Crippen LogP contribution in [-0.4, -0.2) is 28.7 Å². The van der Waals surface area contributed by atoms with Crippen molar-refractivity contribution in [3.05, 3.63) is 0 Å². The van der Waals surface area contributed by atoms with Crippen molar-refractivity contribution in [3.8, 4) is 0 Å². The normalized spacial score (nSPS) is 18.1. The van der Waals surface area contributed by atoms with Crippen LogP contribution in [0, 0.1) is 5.41 Å². The second-order valence-corrected chi connectivity index (χ2v) is 6.51. The molecule has 0 N–H and O–H groups in total. The van der Waals surface area contributed by atoms with E-state index in [1.807, 2.05) is 0 Å². The largest absolute Gasteiger partial charge is 0.338 e. The smallest absolute Gasteiger partial charge is 0.228 e. The van der Waals surface area contributed by atoms with E-state index in [2.05, 4.69) is 41.6 Å². The van der Waals surface area contributed by atoms with Crippen LogP contribution in [0.25, 0.3) is 0 Å². The molecule has 100 valence electrons. The molecule has 1 aliphatic rings. The summed E-state index contributed by atoms with van der Waals surface area (Å²) in [7, 11) is 0. The molecule has 1 fully saturated rings.